The number of hydrogen-bond donors (Lipinski definition) is 2. The van der Waals surface area contributed by atoms with Gasteiger partial charge < -0.3 is 20.1 Å². The average molecular weight is 334 g/mol. The summed E-state index contributed by atoms with van der Waals surface area (Å²) in [6, 6.07) is 9.34. The number of aliphatic hydroxyl groups is 1. The van der Waals surface area contributed by atoms with E-state index in [9.17, 15) is 9.59 Å². The molecule has 6 nitrogen and oxygen atoms in total. The Morgan fingerprint density at radius 3 is 2.71 bits per heavy atom. The van der Waals surface area contributed by atoms with Gasteiger partial charge in [-0.1, -0.05) is 37.3 Å². The summed E-state index contributed by atoms with van der Waals surface area (Å²) in [5.41, 5.74) is 0.928. The lowest BCUT2D eigenvalue weighted by atomic mass is 9.91. The number of amides is 2. The van der Waals surface area contributed by atoms with Gasteiger partial charge in [0.05, 0.1) is 6.04 Å². The predicted octanol–water partition coefficient (Wildman–Crippen LogP) is 1.92. The number of hydrogen-bond acceptors (Lipinski definition) is 4. The number of alkyl carbamates (subject to hydrolysis) is 1. The Bertz CT molecular complexity index is 535. The van der Waals surface area contributed by atoms with Gasteiger partial charge in [0.1, 0.15) is 6.61 Å². The number of rotatable bonds is 6. The molecule has 2 atom stereocenters. The van der Waals surface area contributed by atoms with E-state index in [0.717, 1.165) is 12.0 Å². The fourth-order valence-electron chi connectivity index (χ4n) is 3.06. The van der Waals surface area contributed by atoms with Crippen LogP contribution in [0.5, 0.6) is 0 Å². The van der Waals surface area contributed by atoms with Gasteiger partial charge in [0.15, 0.2) is 0 Å². The zero-order valence-electron chi connectivity index (χ0n) is 14.1. The second-order valence-electron chi connectivity index (χ2n) is 6.17. The highest BCUT2D eigenvalue weighted by Gasteiger charge is 2.30. The molecule has 1 fully saturated rings. The lowest BCUT2D eigenvalue weighted by Gasteiger charge is -2.37. The second-order valence-corrected chi connectivity index (χ2v) is 6.17. The third-order valence-corrected chi connectivity index (χ3v) is 4.26. The third-order valence-electron chi connectivity index (χ3n) is 4.26. The summed E-state index contributed by atoms with van der Waals surface area (Å²) in [6.45, 7) is 3.27. The first-order valence-electron chi connectivity index (χ1n) is 8.48. The van der Waals surface area contributed by atoms with E-state index in [1.54, 1.807) is 4.90 Å². The van der Waals surface area contributed by atoms with Crippen LogP contribution < -0.4 is 5.32 Å². The van der Waals surface area contributed by atoms with Crippen LogP contribution in [0.3, 0.4) is 0 Å². The first-order valence-corrected chi connectivity index (χ1v) is 8.48. The first kappa shape index (κ1) is 18.3. The molecule has 1 saturated heterocycles. The average Bonchev–Trinajstić information content (AvgIpc) is 2.60. The minimum atomic E-state index is -0.475. The zero-order valence-corrected chi connectivity index (χ0v) is 14.1. The van der Waals surface area contributed by atoms with Crippen molar-refractivity contribution in [1.82, 2.24) is 10.2 Å². The largest absolute Gasteiger partial charge is 0.445 e. The van der Waals surface area contributed by atoms with Crippen LogP contribution in [-0.4, -0.2) is 47.7 Å². The summed E-state index contributed by atoms with van der Waals surface area (Å²) in [5.74, 6) is 0.265. The van der Waals surface area contributed by atoms with E-state index in [1.807, 2.05) is 37.3 Å². The summed E-state index contributed by atoms with van der Waals surface area (Å²) in [4.78, 5) is 25.8. The Kier molecular flexibility index (Phi) is 7.06. The lowest BCUT2D eigenvalue weighted by Crippen LogP contribution is -2.52. The molecule has 0 radical (unpaired) electrons. The highest BCUT2D eigenvalue weighted by atomic mass is 16.5. The van der Waals surface area contributed by atoms with Crippen molar-refractivity contribution in [2.45, 2.75) is 38.8 Å². The van der Waals surface area contributed by atoms with Gasteiger partial charge >= 0.3 is 6.09 Å². The highest BCUT2D eigenvalue weighted by Crippen LogP contribution is 2.20. The molecule has 1 aliphatic rings. The van der Waals surface area contributed by atoms with Crippen molar-refractivity contribution in [3.63, 3.8) is 0 Å². The second kappa shape index (κ2) is 9.27. The molecule has 0 saturated carbocycles. The maximum Gasteiger partial charge on any atom is 0.407 e. The summed E-state index contributed by atoms with van der Waals surface area (Å²) >= 11 is 0. The molecule has 0 bridgehead atoms. The number of benzene rings is 1. The highest BCUT2D eigenvalue weighted by molar-refractivity contribution is 5.76. The van der Waals surface area contributed by atoms with Crippen LogP contribution in [0.4, 0.5) is 4.79 Å². The maximum atomic E-state index is 12.0. The molecule has 2 N–H and O–H groups in total. The fraction of sp³-hybridized carbons (Fsp3) is 0.556. The molecule has 2 rings (SSSR count). The number of nitrogens with zero attached hydrogens (tertiary/aromatic N) is 1. The maximum absolute atomic E-state index is 12.0. The monoisotopic (exact) mass is 334 g/mol. The molecule has 24 heavy (non-hydrogen) atoms. The zero-order chi connectivity index (χ0) is 17.4. The van der Waals surface area contributed by atoms with Gasteiger partial charge in [-0.3, -0.25) is 4.79 Å². The normalized spacial score (nSPS) is 20.5. The molecule has 1 aromatic carbocycles. The van der Waals surface area contributed by atoms with E-state index < -0.39 is 6.09 Å². The minimum Gasteiger partial charge on any atom is -0.445 e. The molecule has 0 aliphatic carbocycles. The number of carbonyl (C=O) groups excluding carboxylic acids is 2. The van der Waals surface area contributed by atoms with Crippen LogP contribution in [0.2, 0.25) is 0 Å². The van der Waals surface area contributed by atoms with Crippen LogP contribution in [0, 0.1) is 5.92 Å². The van der Waals surface area contributed by atoms with Crippen LogP contribution in [-0.2, 0) is 16.1 Å². The number of ether oxygens (including phenoxy) is 1. The number of likely N-dealkylation sites (tertiary alicyclic amines) is 1. The number of aliphatic hydroxyl groups excluding tert-OH is 1. The van der Waals surface area contributed by atoms with Crippen molar-refractivity contribution in [2.75, 3.05) is 19.7 Å². The number of carbonyl (C=O) groups is 2. The predicted molar refractivity (Wildman–Crippen MR) is 90.2 cm³/mol. The van der Waals surface area contributed by atoms with Crippen molar-refractivity contribution < 1.29 is 19.4 Å². The minimum absolute atomic E-state index is 0.0714. The fourth-order valence-corrected chi connectivity index (χ4v) is 3.06. The topological polar surface area (TPSA) is 78.9 Å². The first-order chi connectivity index (χ1) is 11.6. The molecule has 1 aliphatic heterocycles. The molecule has 2 unspecified atom stereocenters. The van der Waals surface area contributed by atoms with Crippen molar-refractivity contribution in [1.29, 1.82) is 0 Å². The molecular weight excluding hydrogens is 308 g/mol. The summed E-state index contributed by atoms with van der Waals surface area (Å²) < 4.78 is 5.25. The number of piperidine rings is 1. The van der Waals surface area contributed by atoms with Crippen molar-refractivity contribution in [2.24, 2.45) is 5.92 Å². The van der Waals surface area contributed by atoms with E-state index in [-0.39, 0.29) is 31.1 Å². The molecular formula is C18H26N2O4. The SMILES string of the molecule is CCC(=O)N1CC(CCO)CC(NC(=O)OCc2ccccc2)C1. The number of nitrogens with one attached hydrogen (secondary N) is 1. The van der Waals surface area contributed by atoms with Gasteiger partial charge in [-0.2, -0.15) is 0 Å². The van der Waals surface area contributed by atoms with E-state index in [1.165, 1.54) is 0 Å². The van der Waals surface area contributed by atoms with Crippen molar-refractivity contribution in [3.05, 3.63) is 35.9 Å². The Labute approximate surface area is 142 Å². The van der Waals surface area contributed by atoms with Crippen LogP contribution in [0.1, 0.15) is 31.7 Å². The van der Waals surface area contributed by atoms with E-state index in [0.29, 0.717) is 25.9 Å². The molecule has 132 valence electrons. The third kappa shape index (κ3) is 5.53. The van der Waals surface area contributed by atoms with Crippen LogP contribution in [0.25, 0.3) is 0 Å². The standard InChI is InChI=1S/C18H26N2O4/c1-2-17(22)20-11-15(8-9-21)10-16(12-20)19-18(23)24-13-14-6-4-3-5-7-14/h3-7,15-16,21H,2,8-13H2,1H3,(H,19,23). The Hall–Kier alpha value is -2.08. The quantitative estimate of drug-likeness (QED) is 0.833. The molecule has 2 amide bonds. The Morgan fingerprint density at radius 2 is 2.04 bits per heavy atom. The van der Waals surface area contributed by atoms with Gasteiger partial charge in [0.2, 0.25) is 5.91 Å². The van der Waals surface area contributed by atoms with Crippen molar-refractivity contribution in [3.8, 4) is 0 Å². The van der Waals surface area contributed by atoms with Gasteiger partial charge in [0.25, 0.3) is 0 Å². The molecule has 0 aromatic heterocycles. The smallest absolute Gasteiger partial charge is 0.407 e. The molecule has 0 spiro atoms. The van der Waals surface area contributed by atoms with Gasteiger partial charge in [-0.15, -0.1) is 0 Å². The van der Waals surface area contributed by atoms with Gasteiger partial charge in [0, 0.05) is 26.1 Å². The summed E-state index contributed by atoms with van der Waals surface area (Å²) in [6.07, 6.45) is 1.34. The van der Waals surface area contributed by atoms with Crippen LogP contribution in [0.15, 0.2) is 30.3 Å². The van der Waals surface area contributed by atoms with Gasteiger partial charge in [-0.05, 0) is 24.3 Å². The van der Waals surface area contributed by atoms with Crippen molar-refractivity contribution >= 4 is 12.0 Å². The van der Waals surface area contributed by atoms with E-state index in [4.69, 9.17) is 9.84 Å². The van der Waals surface area contributed by atoms with Gasteiger partial charge in [-0.25, -0.2) is 4.79 Å². The van der Waals surface area contributed by atoms with E-state index in [2.05, 4.69) is 5.32 Å². The lowest BCUT2D eigenvalue weighted by molar-refractivity contribution is -0.133. The summed E-state index contributed by atoms with van der Waals surface area (Å²) in [5, 5.41) is 12.0. The molecule has 6 heteroatoms. The van der Waals surface area contributed by atoms with E-state index >= 15 is 0 Å². The molecule has 1 aromatic rings. The van der Waals surface area contributed by atoms with Crippen LogP contribution >= 0.6 is 0 Å². The Morgan fingerprint density at radius 1 is 1.29 bits per heavy atom. The molecule has 1 heterocycles. The Balaban J connectivity index is 1.86. The summed E-state index contributed by atoms with van der Waals surface area (Å²) in [7, 11) is 0.